The lowest BCUT2D eigenvalue weighted by molar-refractivity contribution is 0.173. The summed E-state index contributed by atoms with van der Waals surface area (Å²) < 4.78 is 22.4. The fourth-order valence-corrected chi connectivity index (χ4v) is 3.24. The predicted octanol–water partition coefficient (Wildman–Crippen LogP) is 4.39. The van der Waals surface area contributed by atoms with Gasteiger partial charge in [-0.1, -0.05) is 0 Å². The molecule has 2 aromatic carbocycles. The molecule has 0 radical (unpaired) electrons. The van der Waals surface area contributed by atoms with Crippen molar-refractivity contribution in [3.63, 3.8) is 0 Å². The minimum absolute atomic E-state index is 0. The van der Waals surface area contributed by atoms with E-state index in [1.54, 1.807) is 14.2 Å². The number of aliphatic imine (C=N–C) groups is 1. The van der Waals surface area contributed by atoms with Crippen LogP contribution in [0, 0.1) is 0 Å². The maximum absolute atomic E-state index is 5.46. The molecule has 28 heavy (non-hydrogen) atoms. The summed E-state index contributed by atoms with van der Waals surface area (Å²) in [6.07, 6.45) is 0. The van der Waals surface area contributed by atoms with Gasteiger partial charge in [0.1, 0.15) is 0 Å². The molecule has 1 aliphatic heterocycles. The van der Waals surface area contributed by atoms with E-state index in [2.05, 4.69) is 31.6 Å². The minimum atomic E-state index is 0. The van der Waals surface area contributed by atoms with E-state index >= 15 is 0 Å². The number of benzene rings is 2. The van der Waals surface area contributed by atoms with Crippen LogP contribution in [0.2, 0.25) is 0 Å². The molecule has 0 saturated carbocycles. The zero-order valence-electron chi connectivity index (χ0n) is 15.9. The van der Waals surface area contributed by atoms with Gasteiger partial charge >= 0.3 is 0 Å². The van der Waals surface area contributed by atoms with Crippen LogP contribution in [0.4, 0.5) is 5.69 Å². The monoisotopic (exact) mass is 563 g/mol. The van der Waals surface area contributed by atoms with E-state index in [9.17, 15) is 0 Å². The maximum atomic E-state index is 5.46. The van der Waals surface area contributed by atoms with E-state index in [4.69, 9.17) is 18.9 Å². The zero-order valence-corrected chi connectivity index (χ0v) is 19.8. The van der Waals surface area contributed by atoms with E-state index < -0.39 is 0 Å². The number of nitrogens with zero attached hydrogens (tertiary/aromatic N) is 1. The van der Waals surface area contributed by atoms with Gasteiger partial charge in [-0.25, -0.2) is 4.99 Å². The number of hydrogen-bond donors (Lipinski definition) is 2. The van der Waals surface area contributed by atoms with Gasteiger partial charge in [-0.05, 0) is 52.7 Å². The third-order valence-electron chi connectivity index (χ3n) is 3.90. The van der Waals surface area contributed by atoms with E-state index in [1.807, 2.05) is 37.3 Å². The van der Waals surface area contributed by atoms with Crippen LogP contribution in [0.3, 0.4) is 0 Å². The maximum Gasteiger partial charge on any atom is 0.231 e. The molecular weight excluding hydrogens is 541 g/mol. The Balaban J connectivity index is 0.00000280. The number of ether oxygens (including phenoxy) is 4. The standard InChI is InChI=1S/C19H22BrN3O4.HI/c1-4-21-19(23-13-5-6-15(24-2)16(9-13)25-3)22-10-12-7-14(20)18-17(8-12)26-11-27-18;/h5-9H,4,10-11H2,1-3H3,(H2,21,22,23);1H. The molecule has 152 valence electrons. The molecule has 2 N–H and O–H groups in total. The van der Waals surface area contributed by atoms with Gasteiger partial charge in [0.25, 0.3) is 0 Å². The van der Waals surface area contributed by atoms with Gasteiger partial charge < -0.3 is 29.6 Å². The van der Waals surface area contributed by atoms with Gasteiger partial charge in [0.2, 0.25) is 6.79 Å². The van der Waals surface area contributed by atoms with Crippen molar-refractivity contribution < 1.29 is 18.9 Å². The lowest BCUT2D eigenvalue weighted by Gasteiger charge is -2.14. The Labute approximate surface area is 189 Å². The zero-order chi connectivity index (χ0) is 19.2. The number of halogens is 2. The fourth-order valence-electron chi connectivity index (χ4n) is 2.64. The molecule has 0 unspecified atom stereocenters. The van der Waals surface area contributed by atoms with Crippen molar-refractivity contribution in [1.29, 1.82) is 0 Å². The molecule has 0 aromatic heterocycles. The van der Waals surface area contributed by atoms with E-state index in [1.165, 1.54) is 0 Å². The van der Waals surface area contributed by atoms with Crippen LogP contribution in [-0.2, 0) is 6.54 Å². The second kappa shape index (κ2) is 10.6. The molecule has 9 heteroatoms. The third-order valence-corrected chi connectivity index (χ3v) is 4.49. The second-order valence-corrected chi connectivity index (χ2v) is 6.56. The topological polar surface area (TPSA) is 73.3 Å². The van der Waals surface area contributed by atoms with Crippen molar-refractivity contribution in [2.24, 2.45) is 4.99 Å². The third kappa shape index (κ3) is 5.34. The first-order chi connectivity index (χ1) is 13.1. The summed E-state index contributed by atoms with van der Waals surface area (Å²) >= 11 is 3.51. The molecule has 3 rings (SSSR count). The smallest absolute Gasteiger partial charge is 0.231 e. The summed E-state index contributed by atoms with van der Waals surface area (Å²) in [5, 5.41) is 6.51. The van der Waals surface area contributed by atoms with Crippen molar-refractivity contribution in [3.05, 3.63) is 40.4 Å². The first-order valence-corrected chi connectivity index (χ1v) is 9.29. The molecule has 1 heterocycles. The number of anilines is 1. The van der Waals surface area contributed by atoms with Crippen LogP contribution in [0.15, 0.2) is 39.8 Å². The minimum Gasteiger partial charge on any atom is -0.493 e. The number of nitrogens with one attached hydrogen (secondary N) is 2. The molecular formula is C19H23BrIN3O4. The lowest BCUT2D eigenvalue weighted by Crippen LogP contribution is -2.30. The highest BCUT2D eigenvalue weighted by Gasteiger charge is 2.17. The molecule has 0 aliphatic carbocycles. The number of rotatable bonds is 6. The van der Waals surface area contributed by atoms with Crippen molar-refractivity contribution >= 4 is 51.6 Å². The van der Waals surface area contributed by atoms with Gasteiger partial charge in [-0.15, -0.1) is 24.0 Å². The van der Waals surface area contributed by atoms with Crippen LogP contribution in [0.5, 0.6) is 23.0 Å². The summed E-state index contributed by atoms with van der Waals surface area (Å²) in [7, 11) is 3.22. The highest BCUT2D eigenvalue weighted by atomic mass is 127. The molecule has 0 atom stereocenters. The first-order valence-electron chi connectivity index (χ1n) is 8.50. The summed E-state index contributed by atoms with van der Waals surface area (Å²) in [5.74, 6) is 3.46. The van der Waals surface area contributed by atoms with E-state index in [0.29, 0.717) is 24.0 Å². The molecule has 0 bridgehead atoms. The van der Waals surface area contributed by atoms with Crippen molar-refractivity contribution in [2.45, 2.75) is 13.5 Å². The van der Waals surface area contributed by atoms with Crippen molar-refractivity contribution in [2.75, 3.05) is 32.9 Å². The van der Waals surface area contributed by atoms with Gasteiger partial charge in [0.05, 0.1) is 25.2 Å². The largest absolute Gasteiger partial charge is 0.493 e. The Kier molecular flexibility index (Phi) is 8.49. The van der Waals surface area contributed by atoms with Crippen LogP contribution in [-0.4, -0.2) is 33.5 Å². The molecule has 0 spiro atoms. The number of methoxy groups -OCH3 is 2. The predicted molar refractivity (Wildman–Crippen MR) is 124 cm³/mol. The van der Waals surface area contributed by atoms with Crippen LogP contribution < -0.4 is 29.6 Å². The molecule has 7 nitrogen and oxygen atoms in total. The van der Waals surface area contributed by atoms with Crippen molar-refractivity contribution in [3.8, 4) is 23.0 Å². The number of guanidine groups is 1. The molecule has 0 amide bonds. The highest BCUT2D eigenvalue weighted by Crippen LogP contribution is 2.40. The average molecular weight is 564 g/mol. The summed E-state index contributed by atoms with van der Waals surface area (Å²) in [6, 6.07) is 9.54. The lowest BCUT2D eigenvalue weighted by atomic mass is 10.2. The Morgan fingerprint density at radius 3 is 2.64 bits per heavy atom. The molecule has 0 fully saturated rings. The normalized spacial score (nSPS) is 12.2. The number of hydrogen-bond acceptors (Lipinski definition) is 5. The van der Waals surface area contributed by atoms with Gasteiger partial charge in [0.15, 0.2) is 29.0 Å². The Morgan fingerprint density at radius 1 is 1.14 bits per heavy atom. The van der Waals surface area contributed by atoms with Crippen molar-refractivity contribution in [1.82, 2.24) is 5.32 Å². The molecule has 1 aliphatic rings. The van der Waals surface area contributed by atoms with Crippen LogP contribution in [0.1, 0.15) is 12.5 Å². The van der Waals surface area contributed by atoms with Gasteiger partial charge in [0, 0.05) is 18.3 Å². The Morgan fingerprint density at radius 2 is 1.93 bits per heavy atom. The van der Waals surface area contributed by atoms with Gasteiger partial charge in [-0.2, -0.15) is 0 Å². The SMILES string of the molecule is CCNC(=NCc1cc(Br)c2c(c1)OCO2)Nc1ccc(OC)c(OC)c1.I. The molecule has 0 saturated heterocycles. The highest BCUT2D eigenvalue weighted by molar-refractivity contribution is 14.0. The van der Waals surface area contributed by atoms with Gasteiger partial charge in [-0.3, -0.25) is 0 Å². The Hall–Kier alpha value is -1.88. The average Bonchev–Trinajstić information content (AvgIpc) is 3.15. The summed E-state index contributed by atoms with van der Waals surface area (Å²) in [5.41, 5.74) is 1.86. The summed E-state index contributed by atoms with van der Waals surface area (Å²) in [6.45, 7) is 3.48. The first kappa shape index (κ1) is 22.4. The second-order valence-electron chi connectivity index (χ2n) is 5.70. The Bertz CT molecular complexity index is 848. The quantitative estimate of drug-likeness (QED) is 0.308. The van der Waals surface area contributed by atoms with Crippen LogP contribution in [0.25, 0.3) is 0 Å². The summed E-state index contributed by atoms with van der Waals surface area (Å²) in [4.78, 5) is 4.65. The fraction of sp³-hybridized carbons (Fsp3) is 0.316. The van der Waals surface area contributed by atoms with E-state index in [-0.39, 0.29) is 30.8 Å². The number of fused-ring (bicyclic) bond motifs is 1. The molecule has 2 aromatic rings. The van der Waals surface area contributed by atoms with Crippen LogP contribution >= 0.6 is 39.9 Å². The van der Waals surface area contributed by atoms with E-state index in [0.717, 1.165) is 33.8 Å².